The summed E-state index contributed by atoms with van der Waals surface area (Å²) in [5.41, 5.74) is 1.06. The molecule has 0 atom stereocenters. The van der Waals surface area contributed by atoms with Crippen molar-refractivity contribution in [3.8, 4) is 11.5 Å². The highest BCUT2D eigenvalue weighted by Crippen LogP contribution is 2.34. The number of hydrogen-bond donors (Lipinski definition) is 1. The molecule has 0 spiro atoms. The first-order valence-electron chi connectivity index (χ1n) is 12.0. The molecule has 2 aromatic carbocycles. The van der Waals surface area contributed by atoms with Crippen molar-refractivity contribution in [2.75, 3.05) is 20.3 Å². The van der Waals surface area contributed by atoms with Crippen LogP contribution in [-0.4, -0.2) is 44.0 Å². The summed E-state index contributed by atoms with van der Waals surface area (Å²) >= 11 is 5.84. The zero-order chi connectivity index (χ0) is 25.2. The van der Waals surface area contributed by atoms with Crippen molar-refractivity contribution in [3.63, 3.8) is 0 Å². The lowest BCUT2D eigenvalue weighted by Crippen LogP contribution is -2.29. The van der Waals surface area contributed by atoms with Crippen molar-refractivity contribution in [2.24, 2.45) is 5.92 Å². The van der Waals surface area contributed by atoms with Gasteiger partial charge in [0, 0.05) is 29.1 Å². The van der Waals surface area contributed by atoms with Crippen LogP contribution in [0.4, 0.5) is 0 Å². The van der Waals surface area contributed by atoms with Crippen LogP contribution in [0, 0.1) is 5.92 Å². The molecule has 1 aliphatic carbocycles. The van der Waals surface area contributed by atoms with Crippen molar-refractivity contribution in [1.82, 2.24) is 5.32 Å². The Morgan fingerprint density at radius 1 is 0.971 bits per heavy atom. The predicted octanol–water partition coefficient (Wildman–Crippen LogP) is 5.24. The lowest BCUT2D eigenvalue weighted by molar-refractivity contribution is -0.149. The third kappa shape index (κ3) is 7.72. The number of methoxy groups -OCH3 is 1. The molecular weight excluding hydrogens is 470 g/mol. The predicted molar refractivity (Wildman–Crippen MR) is 133 cm³/mol. The maximum atomic E-state index is 12.7. The van der Waals surface area contributed by atoms with Crippen molar-refractivity contribution >= 4 is 29.3 Å². The number of rotatable bonds is 11. The number of ketones is 1. The first-order chi connectivity index (χ1) is 16.9. The first kappa shape index (κ1) is 26.5. The number of amides is 1. The Morgan fingerprint density at radius 3 is 2.31 bits per heavy atom. The number of Topliss-reactive ketones (excluding diaryl/α,β-unsaturated/α-hetero) is 1. The summed E-state index contributed by atoms with van der Waals surface area (Å²) in [4.78, 5) is 36.7. The van der Waals surface area contributed by atoms with Gasteiger partial charge in [0.1, 0.15) is 0 Å². The summed E-state index contributed by atoms with van der Waals surface area (Å²) in [5.74, 6) is 0.654. The summed E-state index contributed by atoms with van der Waals surface area (Å²) in [6, 6.07) is 11.8. The lowest BCUT2D eigenvalue weighted by Gasteiger charge is -2.28. The fourth-order valence-electron chi connectivity index (χ4n) is 4.09. The molecule has 0 bridgehead atoms. The van der Waals surface area contributed by atoms with Crippen LogP contribution in [0.2, 0.25) is 5.02 Å². The Bertz CT molecular complexity index is 1010. The van der Waals surface area contributed by atoms with Crippen LogP contribution in [0.5, 0.6) is 11.5 Å². The second-order valence-electron chi connectivity index (χ2n) is 8.50. The second-order valence-corrected chi connectivity index (χ2v) is 8.94. The van der Waals surface area contributed by atoms with E-state index in [1.165, 1.54) is 0 Å². The van der Waals surface area contributed by atoms with Gasteiger partial charge in [-0.25, -0.2) is 0 Å². The Hall–Kier alpha value is -3.06. The van der Waals surface area contributed by atoms with Gasteiger partial charge in [-0.05, 0) is 81.5 Å². The SMILES string of the molecule is CCOC(=O)C1CCC(Oc2ccc(C(=O)CCCNC(=O)c3ccc(Cl)cc3)cc2OC)CC1. The lowest BCUT2D eigenvalue weighted by atomic mass is 9.87. The highest BCUT2D eigenvalue weighted by atomic mass is 35.5. The van der Waals surface area contributed by atoms with E-state index in [1.54, 1.807) is 49.6 Å². The number of halogens is 1. The molecule has 0 heterocycles. The Labute approximate surface area is 211 Å². The van der Waals surface area contributed by atoms with Crippen LogP contribution in [0.1, 0.15) is 66.2 Å². The highest BCUT2D eigenvalue weighted by Gasteiger charge is 2.28. The maximum absolute atomic E-state index is 12.7. The summed E-state index contributed by atoms with van der Waals surface area (Å²) in [5, 5.41) is 3.38. The smallest absolute Gasteiger partial charge is 0.308 e. The quantitative estimate of drug-likeness (QED) is 0.257. The molecule has 0 saturated heterocycles. The minimum absolute atomic E-state index is 0.0135. The molecule has 35 heavy (non-hydrogen) atoms. The molecule has 1 fully saturated rings. The van der Waals surface area contributed by atoms with Crippen LogP contribution in [-0.2, 0) is 9.53 Å². The summed E-state index contributed by atoms with van der Waals surface area (Å²) in [6.07, 6.45) is 3.78. The Balaban J connectivity index is 1.46. The van der Waals surface area contributed by atoms with E-state index in [0.717, 1.165) is 25.7 Å². The number of nitrogens with one attached hydrogen (secondary N) is 1. The van der Waals surface area contributed by atoms with E-state index in [2.05, 4.69) is 5.32 Å². The maximum Gasteiger partial charge on any atom is 0.308 e. The highest BCUT2D eigenvalue weighted by molar-refractivity contribution is 6.30. The van der Waals surface area contributed by atoms with E-state index in [1.807, 2.05) is 6.92 Å². The van der Waals surface area contributed by atoms with Crippen molar-refractivity contribution in [1.29, 1.82) is 0 Å². The molecule has 1 amide bonds. The molecule has 0 aromatic heterocycles. The van der Waals surface area contributed by atoms with Crippen LogP contribution < -0.4 is 14.8 Å². The molecule has 7 nitrogen and oxygen atoms in total. The molecule has 1 aliphatic rings. The normalized spacial score (nSPS) is 17.3. The number of hydrogen-bond acceptors (Lipinski definition) is 6. The van der Waals surface area contributed by atoms with Crippen LogP contribution >= 0.6 is 11.6 Å². The van der Waals surface area contributed by atoms with Gasteiger partial charge in [0.25, 0.3) is 5.91 Å². The molecule has 188 valence electrons. The molecule has 0 unspecified atom stereocenters. The van der Waals surface area contributed by atoms with Gasteiger partial charge in [-0.1, -0.05) is 11.6 Å². The van der Waals surface area contributed by atoms with Gasteiger partial charge in [0.2, 0.25) is 0 Å². The van der Waals surface area contributed by atoms with Gasteiger partial charge < -0.3 is 19.5 Å². The van der Waals surface area contributed by atoms with Crippen molar-refractivity contribution in [2.45, 2.75) is 51.6 Å². The van der Waals surface area contributed by atoms with Crippen molar-refractivity contribution in [3.05, 3.63) is 58.6 Å². The van der Waals surface area contributed by atoms with Gasteiger partial charge in [0.15, 0.2) is 17.3 Å². The number of benzene rings is 2. The van der Waals surface area contributed by atoms with E-state index in [4.69, 9.17) is 25.8 Å². The number of ether oxygens (including phenoxy) is 3. The van der Waals surface area contributed by atoms with Crippen LogP contribution in [0.25, 0.3) is 0 Å². The molecule has 8 heteroatoms. The van der Waals surface area contributed by atoms with E-state index in [0.29, 0.717) is 53.6 Å². The summed E-state index contributed by atoms with van der Waals surface area (Å²) < 4.78 is 16.7. The number of carbonyl (C=O) groups excluding carboxylic acids is 3. The molecule has 3 rings (SSSR count). The zero-order valence-electron chi connectivity index (χ0n) is 20.2. The van der Waals surface area contributed by atoms with Gasteiger partial charge in [-0.3, -0.25) is 14.4 Å². The third-order valence-corrected chi connectivity index (χ3v) is 6.30. The largest absolute Gasteiger partial charge is 0.493 e. The zero-order valence-corrected chi connectivity index (χ0v) is 20.9. The van der Waals surface area contributed by atoms with E-state index < -0.39 is 0 Å². The average Bonchev–Trinajstić information content (AvgIpc) is 2.87. The van der Waals surface area contributed by atoms with Gasteiger partial charge in [-0.15, -0.1) is 0 Å². The fourth-order valence-corrected chi connectivity index (χ4v) is 4.22. The minimum Gasteiger partial charge on any atom is -0.493 e. The molecular formula is C27H32ClNO6. The van der Waals surface area contributed by atoms with E-state index in [9.17, 15) is 14.4 Å². The number of esters is 1. The Morgan fingerprint density at radius 2 is 1.66 bits per heavy atom. The summed E-state index contributed by atoms with van der Waals surface area (Å²) in [7, 11) is 1.54. The standard InChI is InChI=1S/C27H32ClNO6/c1-3-34-27(32)19-8-13-22(14-9-19)35-24-15-10-20(17-25(24)33-2)23(30)5-4-16-29-26(31)18-6-11-21(28)12-7-18/h6-7,10-12,15,17,19,22H,3-5,8-9,13-14,16H2,1-2H3,(H,29,31). The second kappa shape index (κ2) is 13.1. The average molecular weight is 502 g/mol. The topological polar surface area (TPSA) is 90.9 Å². The van der Waals surface area contributed by atoms with Gasteiger partial charge in [0.05, 0.1) is 25.7 Å². The van der Waals surface area contributed by atoms with E-state index in [-0.39, 0.29) is 29.7 Å². The van der Waals surface area contributed by atoms with Crippen LogP contribution in [0.15, 0.2) is 42.5 Å². The van der Waals surface area contributed by atoms with Crippen LogP contribution in [0.3, 0.4) is 0 Å². The van der Waals surface area contributed by atoms with Crippen molar-refractivity contribution < 1.29 is 28.6 Å². The summed E-state index contributed by atoms with van der Waals surface area (Å²) in [6.45, 7) is 2.60. The molecule has 2 aromatic rings. The minimum atomic E-state index is -0.200. The first-order valence-corrected chi connectivity index (χ1v) is 12.4. The molecule has 1 N–H and O–H groups in total. The van der Waals surface area contributed by atoms with Gasteiger partial charge in [-0.2, -0.15) is 0 Å². The monoisotopic (exact) mass is 501 g/mol. The third-order valence-electron chi connectivity index (χ3n) is 6.05. The number of carbonyl (C=O) groups is 3. The molecule has 1 saturated carbocycles. The molecule has 0 aliphatic heterocycles. The molecule has 0 radical (unpaired) electrons. The van der Waals surface area contributed by atoms with E-state index >= 15 is 0 Å². The van der Waals surface area contributed by atoms with Gasteiger partial charge >= 0.3 is 5.97 Å². The Kier molecular flexibility index (Phi) is 9.97. The fraction of sp³-hybridized carbons (Fsp3) is 0.444.